The molecule has 0 bridgehead atoms. The van der Waals surface area contributed by atoms with Crippen molar-refractivity contribution in [2.75, 3.05) is 5.73 Å². The number of pyridine rings is 1. The summed E-state index contributed by atoms with van der Waals surface area (Å²) in [7, 11) is 0. The Labute approximate surface area is 170 Å². The number of rotatable bonds is 4. The van der Waals surface area contributed by atoms with Crippen LogP contribution in [0.4, 0.5) is 5.82 Å². The van der Waals surface area contributed by atoms with E-state index in [0.717, 1.165) is 40.5 Å². The fraction of sp³-hybridized carbons (Fsp3) is 0.333. The zero-order valence-corrected chi connectivity index (χ0v) is 16.8. The third kappa shape index (κ3) is 3.65. The van der Waals surface area contributed by atoms with Gasteiger partial charge in [0.25, 0.3) is 0 Å². The van der Waals surface area contributed by atoms with E-state index < -0.39 is 0 Å². The second kappa shape index (κ2) is 7.39. The van der Waals surface area contributed by atoms with Crippen LogP contribution in [0.5, 0.6) is 0 Å². The lowest BCUT2D eigenvalue weighted by Crippen LogP contribution is -2.02. The predicted octanol–water partition coefficient (Wildman–Crippen LogP) is 5.68. The Bertz CT molecular complexity index is 1190. The van der Waals surface area contributed by atoms with Gasteiger partial charge in [0.1, 0.15) is 11.6 Å². The molecule has 5 nitrogen and oxygen atoms in total. The molecule has 0 spiro atoms. The number of H-pyrrole nitrogens is 2. The number of hydrogen-bond acceptors (Lipinski definition) is 3. The van der Waals surface area contributed by atoms with Gasteiger partial charge in [-0.05, 0) is 61.9 Å². The lowest BCUT2D eigenvalue weighted by atomic mass is 9.89. The number of hydrogen-bond donors (Lipinski definition) is 3. The van der Waals surface area contributed by atoms with Crippen LogP contribution in [0.1, 0.15) is 43.5 Å². The molecule has 3 aromatic heterocycles. The largest absolute Gasteiger partial charge is 0.384 e. The van der Waals surface area contributed by atoms with E-state index in [4.69, 9.17) is 5.73 Å². The number of nitrogens with two attached hydrogens (primary N) is 1. The van der Waals surface area contributed by atoms with E-state index in [1.165, 1.54) is 43.1 Å². The van der Waals surface area contributed by atoms with E-state index in [1.54, 1.807) is 0 Å². The van der Waals surface area contributed by atoms with Crippen LogP contribution in [0.25, 0.3) is 33.3 Å². The summed E-state index contributed by atoms with van der Waals surface area (Å²) in [6.45, 7) is 1.93. The highest BCUT2D eigenvalue weighted by Crippen LogP contribution is 2.31. The molecule has 0 radical (unpaired) electrons. The molecule has 5 rings (SSSR count). The van der Waals surface area contributed by atoms with Crippen molar-refractivity contribution in [1.82, 2.24) is 19.9 Å². The smallest absolute Gasteiger partial charge is 0.180 e. The molecule has 148 valence electrons. The Morgan fingerprint density at radius 2 is 1.93 bits per heavy atom. The molecule has 0 aliphatic heterocycles. The minimum Gasteiger partial charge on any atom is -0.384 e. The summed E-state index contributed by atoms with van der Waals surface area (Å²) in [5.41, 5.74) is 12.1. The molecule has 5 heteroatoms. The van der Waals surface area contributed by atoms with Crippen molar-refractivity contribution >= 4 is 27.9 Å². The third-order valence-corrected chi connectivity index (χ3v) is 5.99. The average molecular weight is 386 g/mol. The Balaban J connectivity index is 1.43. The van der Waals surface area contributed by atoms with Gasteiger partial charge in [-0.15, -0.1) is 0 Å². The molecule has 4 N–H and O–H groups in total. The minimum atomic E-state index is 0.478. The van der Waals surface area contributed by atoms with Crippen LogP contribution < -0.4 is 5.73 Å². The number of anilines is 1. The standard InChI is InChI=1S/C24H27N5/c1-15-26-23-19(14-22(25)29-24(23)27-15)21-13-18-12-17(10-11-20(18)28-21)9-5-8-16-6-3-2-4-7-16/h5,8,10-14,16,28H,2-4,6-7,9H2,1H3,(H3,25,26,27,29). The Kier molecular flexibility index (Phi) is 4.58. The van der Waals surface area contributed by atoms with Crippen LogP contribution in [0.15, 0.2) is 42.5 Å². The molecule has 1 fully saturated rings. The minimum absolute atomic E-state index is 0.478. The number of benzene rings is 1. The summed E-state index contributed by atoms with van der Waals surface area (Å²) >= 11 is 0. The number of aromatic amines is 2. The van der Waals surface area contributed by atoms with Crippen molar-refractivity contribution in [3.8, 4) is 11.3 Å². The SMILES string of the molecule is Cc1nc2nc(N)cc(-c3cc4cc(CC=CC5CCCCC5)ccc4[nH]3)c2[nH]1. The first-order chi connectivity index (χ1) is 14.2. The highest BCUT2D eigenvalue weighted by Gasteiger charge is 2.13. The lowest BCUT2D eigenvalue weighted by Gasteiger charge is -2.17. The normalized spacial score (nSPS) is 15.8. The topological polar surface area (TPSA) is 83.4 Å². The molecule has 3 heterocycles. The number of allylic oxidation sites excluding steroid dienone is 2. The van der Waals surface area contributed by atoms with E-state index in [-0.39, 0.29) is 0 Å². The Morgan fingerprint density at radius 1 is 1.07 bits per heavy atom. The summed E-state index contributed by atoms with van der Waals surface area (Å²) in [4.78, 5) is 15.6. The molecular formula is C24H27N5. The van der Waals surface area contributed by atoms with Gasteiger partial charge in [-0.2, -0.15) is 0 Å². The Morgan fingerprint density at radius 3 is 2.79 bits per heavy atom. The van der Waals surface area contributed by atoms with Crippen molar-refractivity contribution in [2.24, 2.45) is 5.92 Å². The van der Waals surface area contributed by atoms with Gasteiger partial charge in [0, 0.05) is 22.2 Å². The van der Waals surface area contributed by atoms with Gasteiger partial charge in [0.05, 0.1) is 5.52 Å². The summed E-state index contributed by atoms with van der Waals surface area (Å²) in [5.74, 6) is 2.09. The van der Waals surface area contributed by atoms with Crippen molar-refractivity contribution in [1.29, 1.82) is 0 Å². The number of nitrogens with one attached hydrogen (secondary N) is 2. The van der Waals surface area contributed by atoms with E-state index in [1.807, 2.05) is 13.0 Å². The fourth-order valence-electron chi connectivity index (χ4n) is 4.51. The van der Waals surface area contributed by atoms with Crippen LogP contribution in [0.3, 0.4) is 0 Å². The number of nitrogen functional groups attached to an aromatic ring is 1. The first-order valence-electron chi connectivity index (χ1n) is 10.6. The zero-order valence-electron chi connectivity index (χ0n) is 16.8. The molecule has 29 heavy (non-hydrogen) atoms. The fourth-order valence-corrected chi connectivity index (χ4v) is 4.51. The number of aryl methyl sites for hydroxylation is 1. The molecule has 1 aromatic carbocycles. The van der Waals surface area contributed by atoms with E-state index in [2.05, 4.69) is 56.4 Å². The summed E-state index contributed by atoms with van der Waals surface area (Å²) in [6.07, 6.45) is 12.7. The lowest BCUT2D eigenvalue weighted by molar-refractivity contribution is 0.419. The first-order valence-corrected chi connectivity index (χ1v) is 10.6. The molecule has 1 aliphatic rings. The first kappa shape index (κ1) is 18.0. The molecular weight excluding hydrogens is 358 g/mol. The van der Waals surface area contributed by atoms with E-state index in [0.29, 0.717) is 11.5 Å². The van der Waals surface area contributed by atoms with Crippen LogP contribution >= 0.6 is 0 Å². The van der Waals surface area contributed by atoms with Gasteiger partial charge >= 0.3 is 0 Å². The van der Waals surface area contributed by atoms with Crippen molar-refractivity contribution < 1.29 is 0 Å². The van der Waals surface area contributed by atoms with Gasteiger partial charge in [0.2, 0.25) is 0 Å². The molecule has 1 aliphatic carbocycles. The maximum absolute atomic E-state index is 6.02. The maximum atomic E-state index is 6.02. The molecule has 0 unspecified atom stereocenters. The predicted molar refractivity (Wildman–Crippen MR) is 120 cm³/mol. The van der Waals surface area contributed by atoms with Crippen molar-refractivity contribution in [2.45, 2.75) is 45.4 Å². The second-order valence-corrected chi connectivity index (χ2v) is 8.25. The summed E-state index contributed by atoms with van der Waals surface area (Å²) < 4.78 is 0. The number of aromatic nitrogens is 4. The zero-order chi connectivity index (χ0) is 19.8. The highest BCUT2D eigenvalue weighted by molar-refractivity contribution is 5.95. The van der Waals surface area contributed by atoms with E-state index >= 15 is 0 Å². The monoisotopic (exact) mass is 385 g/mol. The van der Waals surface area contributed by atoms with E-state index in [9.17, 15) is 0 Å². The van der Waals surface area contributed by atoms with Crippen LogP contribution in [-0.2, 0) is 6.42 Å². The summed E-state index contributed by atoms with van der Waals surface area (Å²) in [6, 6.07) is 10.8. The van der Waals surface area contributed by atoms with Crippen LogP contribution in [0.2, 0.25) is 0 Å². The molecule has 4 aromatic rings. The Hall–Kier alpha value is -3.08. The van der Waals surface area contributed by atoms with Gasteiger partial charge in [0.15, 0.2) is 5.65 Å². The van der Waals surface area contributed by atoms with Crippen LogP contribution in [-0.4, -0.2) is 19.9 Å². The van der Waals surface area contributed by atoms with Gasteiger partial charge in [-0.3, -0.25) is 0 Å². The maximum Gasteiger partial charge on any atom is 0.180 e. The molecule has 1 saturated carbocycles. The average Bonchev–Trinajstić information content (AvgIpc) is 3.30. The quantitative estimate of drug-likeness (QED) is 0.395. The van der Waals surface area contributed by atoms with Gasteiger partial charge < -0.3 is 15.7 Å². The van der Waals surface area contributed by atoms with Crippen molar-refractivity contribution in [3.63, 3.8) is 0 Å². The number of nitrogens with zero attached hydrogens (tertiary/aromatic N) is 2. The second-order valence-electron chi connectivity index (χ2n) is 8.25. The molecule has 0 saturated heterocycles. The summed E-state index contributed by atoms with van der Waals surface area (Å²) in [5, 5.41) is 1.21. The van der Waals surface area contributed by atoms with Gasteiger partial charge in [-0.1, -0.05) is 37.5 Å². The van der Waals surface area contributed by atoms with Gasteiger partial charge in [-0.25, -0.2) is 9.97 Å². The van der Waals surface area contributed by atoms with Crippen LogP contribution in [0, 0.1) is 12.8 Å². The number of imidazole rings is 1. The highest BCUT2D eigenvalue weighted by atomic mass is 15.0. The molecule has 0 amide bonds. The molecule has 0 atom stereocenters. The van der Waals surface area contributed by atoms with Crippen molar-refractivity contribution in [3.05, 3.63) is 53.9 Å². The number of fused-ring (bicyclic) bond motifs is 2. The third-order valence-electron chi connectivity index (χ3n) is 5.99.